The van der Waals surface area contributed by atoms with Crippen LogP contribution in [-0.4, -0.2) is 35.2 Å². The molecule has 0 aliphatic carbocycles. The highest BCUT2D eigenvalue weighted by Crippen LogP contribution is 2.38. The zero-order valence-corrected chi connectivity index (χ0v) is 20.7. The number of anilines is 2. The number of hydrogen-bond donors (Lipinski definition) is 2. The number of methoxy groups -OCH3 is 1. The lowest BCUT2D eigenvalue weighted by molar-refractivity contribution is 0.218. The zero-order valence-electron chi connectivity index (χ0n) is 20.0. The number of phenolic OH excluding ortho intramolecular Hbond substituents is 1. The number of halogens is 1. The van der Waals surface area contributed by atoms with Crippen LogP contribution in [0.4, 0.5) is 11.4 Å². The number of nitrogens with one attached hydrogen (secondary N) is 1. The van der Waals surface area contributed by atoms with E-state index in [1.807, 2.05) is 48.5 Å². The highest BCUT2D eigenvalue weighted by molar-refractivity contribution is 6.31. The van der Waals surface area contributed by atoms with Gasteiger partial charge in [0, 0.05) is 39.2 Å². The van der Waals surface area contributed by atoms with Crippen LogP contribution in [0.3, 0.4) is 0 Å². The van der Waals surface area contributed by atoms with Gasteiger partial charge in [0.25, 0.3) is 0 Å². The van der Waals surface area contributed by atoms with Crippen molar-refractivity contribution in [2.75, 3.05) is 25.5 Å². The number of allylic oxidation sites excluding steroid dienone is 1. The van der Waals surface area contributed by atoms with Gasteiger partial charge in [-0.3, -0.25) is 4.90 Å². The molecule has 4 aromatic rings. The van der Waals surface area contributed by atoms with Gasteiger partial charge in [-0.05, 0) is 80.9 Å². The largest absolute Gasteiger partial charge is 0.507 e. The molecule has 180 valence electrons. The molecule has 0 bridgehead atoms. The number of hydrogen-bond acceptors (Lipinski definition) is 5. The second-order valence-electron chi connectivity index (χ2n) is 9.13. The summed E-state index contributed by atoms with van der Waals surface area (Å²) in [6.07, 6.45) is 6.11. The molecule has 0 radical (unpaired) electrons. The van der Waals surface area contributed by atoms with Crippen molar-refractivity contribution < 1.29 is 9.84 Å². The Kier molecular flexibility index (Phi) is 6.80. The molecule has 1 aliphatic rings. The monoisotopic (exact) mass is 487 g/mol. The van der Waals surface area contributed by atoms with Crippen LogP contribution in [0.1, 0.15) is 30.4 Å². The predicted molar refractivity (Wildman–Crippen MR) is 145 cm³/mol. The Balaban J connectivity index is 1.64. The molecule has 0 saturated carbocycles. The van der Waals surface area contributed by atoms with Gasteiger partial charge in [-0.25, -0.2) is 4.98 Å². The minimum absolute atomic E-state index is 0.360. The molecule has 35 heavy (non-hydrogen) atoms. The van der Waals surface area contributed by atoms with Crippen LogP contribution in [-0.2, 0) is 13.0 Å². The predicted octanol–water partition coefficient (Wildman–Crippen LogP) is 7.21. The van der Waals surface area contributed by atoms with Gasteiger partial charge in [0.15, 0.2) is 0 Å². The van der Waals surface area contributed by atoms with Crippen molar-refractivity contribution in [2.45, 2.75) is 32.2 Å². The fraction of sp³-hybridized carbons (Fsp3) is 0.276. The molecule has 0 unspecified atom stereocenters. The van der Waals surface area contributed by atoms with Gasteiger partial charge in [0.1, 0.15) is 11.5 Å². The lowest BCUT2D eigenvalue weighted by Gasteiger charge is -2.27. The van der Waals surface area contributed by atoms with E-state index in [0.29, 0.717) is 17.2 Å². The number of benzene rings is 3. The summed E-state index contributed by atoms with van der Waals surface area (Å²) in [7, 11) is 1.66. The molecule has 0 atom stereocenters. The van der Waals surface area contributed by atoms with Crippen molar-refractivity contribution in [1.82, 2.24) is 9.88 Å². The molecule has 6 heteroatoms. The number of nitrogens with zero attached hydrogens (tertiary/aromatic N) is 2. The molecule has 1 saturated heterocycles. The van der Waals surface area contributed by atoms with E-state index in [1.54, 1.807) is 7.11 Å². The second-order valence-corrected chi connectivity index (χ2v) is 9.57. The Labute approximate surface area is 211 Å². The molecule has 1 fully saturated rings. The zero-order chi connectivity index (χ0) is 24.4. The van der Waals surface area contributed by atoms with Gasteiger partial charge in [-0.2, -0.15) is 0 Å². The summed E-state index contributed by atoms with van der Waals surface area (Å²) in [4.78, 5) is 7.25. The molecule has 1 aliphatic heterocycles. The lowest BCUT2D eigenvalue weighted by Crippen LogP contribution is -2.29. The minimum atomic E-state index is 0.360. The molecule has 1 aromatic heterocycles. The topological polar surface area (TPSA) is 57.6 Å². The van der Waals surface area contributed by atoms with Crippen molar-refractivity contribution in [1.29, 1.82) is 0 Å². The average molecular weight is 488 g/mol. The highest BCUT2D eigenvalue weighted by atomic mass is 35.5. The molecule has 0 spiro atoms. The average Bonchev–Trinajstić information content (AvgIpc) is 2.87. The fourth-order valence-corrected chi connectivity index (χ4v) is 5.09. The van der Waals surface area contributed by atoms with Crippen LogP contribution in [0.2, 0.25) is 5.02 Å². The van der Waals surface area contributed by atoms with Crippen molar-refractivity contribution in [2.24, 2.45) is 0 Å². The maximum atomic E-state index is 11.0. The Morgan fingerprint density at radius 2 is 1.83 bits per heavy atom. The van der Waals surface area contributed by atoms with E-state index in [1.165, 1.54) is 19.3 Å². The van der Waals surface area contributed by atoms with E-state index in [2.05, 4.69) is 22.9 Å². The van der Waals surface area contributed by atoms with E-state index in [9.17, 15) is 5.11 Å². The molecule has 5 rings (SSSR count). The number of likely N-dealkylation sites (tertiary alicyclic amines) is 1. The van der Waals surface area contributed by atoms with E-state index in [4.69, 9.17) is 21.3 Å². The number of aromatic hydroxyl groups is 1. The van der Waals surface area contributed by atoms with Gasteiger partial charge in [0.2, 0.25) is 0 Å². The van der Waals surface area contributed by atoms with E-state index < -0.39 is 0 Å². The number of phenols is 1. The number of pyridine rings is 1. The van der Waals surface area contributed by atoms with Gasteiger partial charge in [-0.1, -0.05) is 24.1 Å². The Hall–Kier alpha value is -3.28. The first-order chi connectivity index (χ1) is 17.1. The standard InChI is InChI=1S/C29H30ClN3O2/c1-3-7-19-14-22(15-20(29(19)34)18-33-12-5-4-6-13-33)31-28-24-10-8-21(30)16-27(24)32-26-11-9-23(35-2)17-25(26)28/h3,8-11,14-17,34H,1,4-7,12-13,18H2,2H3,(H,31,32). The maximum absolute atomic E-state index is 11.0. The highest BCUT2D eigenvalue weighted by Gasteiger charge is 2.17. The van der Waals surface area contributed by atoms with Crippen molar-refractivity contribution >= 4 is 44.8 Å². The summed E-state index contributed by atoms with van der Waals surface area (Å²) in [6, 6.07) is 15.7. The third-order valence-corrected chi connectivity index (χ3v) is 6.92. The number of rotatable bonds is 7. The quantitative estimate of drug-likeness (QED) is 0.164. The summed E-state index contributed by atoms with van der Waals surface area (Å²) >= 11 is 6.29. The van der Waals surface area contributed by atoms with Crippen LogP contribution in [0.25, 0.3) is 21.8 Å². The van der Waals surface area contributed by atoms with Crippen LogP contribution in [0.5, 0.6) is 11.5 Å². The van der Waals surface area contributed by atoms with Crippen LogP contribution in [0.15, 0.2) is 61.2 Å². The van der Waals surface area contributed by atoms with Crippen molar-refractivity contribution in [3.8, 4) is 11.5 Å². The SMILES string of the molecule is C=CCc1cc(Nc2c3ccc(Cl)cc3nc3ccc(OC)cc23)cc(CN2CCCCC2)c1O. The number of aromatic nitrogens is 1. The third kappa shape index (κ3) is 4.93. The van der Waals surface area contributed by atoms with Gasteiger partial charge < -0.3 is 15.2 Å². The van der Waals surface area contributed by atoms with E-state index >= 15 is 0 Å². The van der Waals surface area contributed by atoms with Crippen molar-refractivity contribution in [3.05, 3.63) is 77.3 Å². The number of ether oxygens (including phenoxy) is 1. The Bertz CT molecular complexity index is 1400. The fourth-order valence-electron chi connectivity index (χ4n) is 4.92. The minimum Gasteiger partial charge on any atom is -0.507 e. The summed E-state index contributed by atoms with van der Waals surface area (Å²) in [5.74, 6) is 1.12. The first-order valence-electron chi connectivity index (χ1n) is 12.1. The van der Waals surface area contributed by atoms with Crippen molar-refractivity contribution in [3.63, 3.8) is 0 Å². The van der Waals surface area contributed by atoms with Crippen LogP contribution < -0.4 is 10.1 Å². The Morgan fingerprint density at radius 3 is 2.60 bits per heavy atom. The first kappa shape index (κ1) is 23.5. The van der Waals surface area contributed by atoms with Gasteiger partial charge >= 0.3 is 0 Å². The second kappa shape index (κ2) is 10.1. The Morgan fingerprint density at radius 1 is 1.03 bits per heavy atom. The number of fused-ring (bicyclic) bond motifs is 2. The first-order valence-corrected chi connectivity index (χ1v) is 12.5. The van der Waals surface area contributed by atoms with Gasteiger partial charge in [0.05, 0.1) is 23.8 Å². The molecule has 5 nitrogen and oxygen atoms in total. The number of piperidine rings is 1. The summed E-state index contributed by atoms with van der Waals surface area (Å²) in [6.45, 7) is 6.74. The van der Waals surface area contributed by atoms with E-state index in [-0.39, 0.29) is 0 Å². The van der Waals surface area contributed by atoms with Crippen LogP contribution in [0, 0.1) is 0 Å². The summed E-state index contributed by atoms with van der Waals surface area (Å²) < 4.78 is 5.50. The molecule has 2 N–H and O–H groups in total. The molecular formula is C29H30ClN3O2. The summed E-state index contributed by atoms with van der Waals surface area (Å²) in [5.41, 5.74) is 5.30. The molecule has 0 amide bonds. The lowest BCUT2D eigenvalue weighted by atomic mass is 10.0. The summed E-state index contributed by atoms with van der Waals surface area (Å²) in [5, 5.41) is 17.3. The molecule has 3 aromatic carbocycles. The smallest absolute Gasteiger partial charge is 0.123 e. The van der Waals surface area contributed by atoms with Gasteiger partial charge in [-0.15, -0.1) is 6.58 Å². The van der Waals surface area contributed by atoms with E-state index in [0.717, 1.165) is 69.7 Å². The normalized spacial score (nSPS) is 14.3. The molecule has 2 heterocycles. The van der Waals surface area contributed by atoms with Crippen LogP contribution >= 0.6 is 11.6 Å². The third-order valence-electron chi connectivity index (χ3n) is 6.69. The maximum Gasteiger partial charge on any atom is 0.123 e. The molecular weight excluding hydrogens is 458 g/mol.